The molecule has 0 spiro atoms. The van der Waals surface area contributed by atoms with Crippen LogP contribution in [0.2, 0.25) is 0 Å². The Bertz CT molecular complexity index is 294. The lowest BCUT2D eigenvalue weighted by Gasteiger charge is -2.27. The average Bonchev–Trinajstić information content (AvgIpc) is 2.74. The smallest absolute Gasteiger partial charge is 0.0247 e. The second kappa shape index (κ2) is 27.2. The fourth-order valence-electron chi connectivity index (χ4n) is 4.27. The average molecular weight is 489 g/mol. The molecule has 0 rings (SSSR count). The molecule has 0 saturated carbocycles. The first-order valence-electron chi connectivity index (χ1n) is 13.6. The Morgan fingerprint density at radius 3 is 1.07 bits per heavy atom. The first-order chi connectivity index (χ1) is 14.3. The summed E-state index contributed by atoms with van der Waals surface area (Å²) in [7, 11) is 0. The number of halogens is 1. The van der Waals surface area contributed by atoms with Crippen LogP contribution in [0.15, 0.2) is 12.7 Å². The Kier molecular flexibility index (Phi) is 29.4. The summed E-state index contributed by atoms with van der Waals surface area (Å²) in [6.45, 7) is 13.5. The van der Waals surface area contributed by atoms with Crippen LogP contribution in [0.1, 0.15) is 149 Å². The summed E-state index contributed by atoms with van der Waals surface area (Å²) in [5.41, 5.74) is 0. The van der Waals surface area contributed by atoms with Gasteiger partial charge in [-0.2, -0.15) is 0 Å². The van der Waals surface area contributed by atoms with Gasteiger partial charge in [0.05, 0.1) is 0 Å². The summed E-state index contributed by atoms with van der Waals surface area (Å²) in [6.07, 6.45) is 30.6. The summed E-state index contributed by atoms with van der Waals surface area (Å²) in [6, 6.07) is 0.534. The van der Waals surface area contributed by atoms with Crippen LogP contribution in [-0.4, -0.2) is 24.0 Å². The largest absolute Gasteiger partial charge is 0.297 e. The third-order valence-electron chi connectivity index (χ3n) is 6.51. The molecule has 0 aromatic carbocycles. The SMILES string of the molecule is Br.C=CC(C)N(CCCCCCCCCCCC)CCCCCCCCCCCC. The van der Waals surface area contributed by atoms with Gasteiger partial charge in [-0.05, 0) is 32.9 Å². The molecule has 0 aromatic rings. The van der Waals surface area contributed by atoms with E-state index in [4.69, 9.17) is 0 Å². The number of hydrogen-bond acceptors (Lipinski definition) is 1. The Hall–Kier alpha value is 0.180. The van der Waals surface area contributed by atoms with E-state index < -0.39 is 0 Å². The molecule has 0 heterocycles. The molecule has 182 valence electrons. The maximum atomic E-state index is 4.04. The molecule has 0 aliphatic carbocycles. The van der Waals surface area contributed by atoms with Crippen LogP contribution < -0.4 is 0 Å². The van der Waals surface area contributed by atoms with E-state index in [-0.39, 0.29) is 17.0 Å². The van der Waals surface area contributed by atoms with Gasteiger partial charge in [0.2, 0.25) is 0 Å². The van der Waals surface area contributed by atoms with Gasteiger partial charge in [0, 0.05) is 6.04 Å². The maximum absolute atomic E-state index is 4.04. The normalized spacial score (nSPS) is 12.1. The Balaban J connectivity index is 0. The van der Waals surface area contributed by atoms with Crippen LogP contribution in [0.4, 0.5) is 0 Å². The van der Waals surface area contributed by atoms with Crippen LogP contribution in [0, 0.1) is 0 Å². The van der Waals surface area contributed by atoms with Crippen molar-refractivity contribution < 1.29 is 0 Å². The fraction of sp³-hybridized carbons (Fsp3) is 0.929. The number of rotatable bonds is 24. The summed E-state index contributed by atoms with van der Waals surface area (Å²) in [4.78, 5) is 2.67. The molecule has 0 amide bonds. The van der Waals surface area contributed by atoms with Crippen LogP contribution >= 0.6 is 17.0 Å². The third kappa shape index (κ3) is 22.9. The van der Waals surface area contributed by atoms with Gasteiger partial charge < -0.3 is 0 Å². The highest BCUT2D eigenvalue weighted by Gasteiger charge is 2.09. The van der Waals surface area contributed by atoms with Crippen molar-refractivity contribution in [3.8, 4) is 0 Å². The molecule has 0 N–H and O–H groups in total. The van der Waals surface area contributed by atoms with Crippen molar-refractivity contribution in [2.75, 3.05) is 13.1 Å². The molecule has 0 bridgehead atoms. The zero-order chi connectivity index (χ0) is 21.4. The lowest BCUT2D eigenvalue weighted by Crippen LogP contribution is -2.33. The molecular weight excluding hydrogens is 430 g/mol. The van der Waals surface area contributed by atoms with Crippen LogP contribution in [0.3, 0.4) is 0 Å². The Morgan fingerprint density at radius 1 is 0.533 bits per heavy atom. The molecule has 0 fully saturated rings. The van der Waals surface area contributed by atoms with E-state index in [0.29, 0.717) is 6.04 Å². The number of nitrogens with zero attached hydrogens (tertiary/aromatic N) is 1. The van der Waals surface area contributed by atoms with E-state index >= 15 is 0 Å². The lowest BCUT2D eigenvalue weighted by atomic mass is 10.1. The second-order valence-corrected chi connectivity index (χ2v) is 9.38. The highest BCUT2D eigenvalue weighted by atomic mass is 79.9. The first-order valence-corrected chi connectivity index (χ1v) is 13.6. The van der Waals surface area contributed by atoms with E-state index in [1.807, 2.05) is 0 Å². The molecule has 0 aliphatic rings. The lowest BCUT2D eigenvalue weighted by molar-refractivity contribution is 0.230. The predicted molar refractivity (Wildman–Crippen MR) is 145 cm³/mol. The maximum Gasteiger partial charge on any atom is 0.0247 e. The number of hydrogen-bond donors (Lipinski definition) is 0. The van der Waals surface area contributed by atoms with Gasteiger partial charge in [-0.1, -0.05) is 135 Å². The van der Waals surface area contributed by atoms with E-state index in [1.54, 1.807) is 0 Å². The highest BCUT2D eigenvalue weighted by molar-refractivity contribution is 8.93. The van der Waals surface area contributed by atoms with E-state index in [9.17, 15) is 0 Å². The summed E-state index contributed by atoms with van der Waals surface area (Å²) < 4.78 is 0. The summed E-state index contributed by atoms with van der Waals surface area (Å²) in [5.74, 6) is 0. The van der Waals surface area contributed by atoms with Crippen molar-refractivity contribution in [3.05, 3.63) is 12.7 Å². The summed E-state index contributed by atoms with van der Waals surface area (Å²) in [5, 5.41) is 0. The Labute approximate surface area is 202 Å². The van der Waals surface area contributed by atoms with Gasteiger partial charge in [0.25, 0.3) is 0 Å². The highest BCUT2D eigenvalue weighted by Crippen LogP contribution is 2.14. The van der Waals surface area contributed by atoms with Crippen molar-refractivity contribution in [2.24, 2.45) is 0 Å². The monoisotopic (exact) mass is 487 g/mol. The molecule has 1 unspecified atom stereocenters. The summed E-state index contributed by atoms with van der Waals surface area (Å²) >= 11 is 0. The minimum absolute atomic E-state index is 0. The third-order valence-corrected chi connectivity index (χ3v) is 6.51. The van der Waals surface area contributed by atoms with Crippen molar-refractivity contribution in [2.45, 2.75) is 155 Å². The van der Waals surface area contributed by atoms with E-state index in [0.717, 1.165) is 0 Å². The van der Waals surface area contributed by atoms with Gasteiger partial charge in [0.1, 0.15) is 0 Å². The van der Waals surface area contributed by atoms with Gasteiger partial charge in [-0.15, -0.1) is 23.6 Å². The molecule has 0 aromatic heterocycles. The minimum atomic E-state index is 0. The Morgan fingerprint density at radius 2 is 0.800 bits per heavy atom. The fourth-order valence-corrected chi connectivity index (χ4v) is 4.27. The predicted octanol–water partition coefficient (Wildman–Crippen LogP) is 10.3. The van der Waals surface area contributed by atoms with E-state index in [2.05, 4.69) is 38.3 Å². The number of unbranched alkanes of at least 4 members (excludes halogenated alkanes) is 18. The molecule has 0 aliphatic heterocycles. The molecular formula is C28H58BrN. The van der Waals surface area contributed by atoms with E-state index in [1.165, 1.54) is 142 Å². The van der Waals surface area contributed by atoms with Crippen LogP contribution in [0.25, 0.3) is 0 Å². The molecule has 2 heteroatoms. The van der Waals surface area contributed by atoms with Gasteiger partial charge in [-0.25, -0.2) is 0 Å². The molecule has 1 atom stereocenters. The minimum Gasteiger partial charge on any atom is -0.297 e. The quantitative estimate of drug-likeness (QED) is 0.0964. The van der Waals surface area contributed by atoms with Crippen molar-refractivity contribution in [3.63, 3.8) is 0 Å². The molecule has 0 radical (unpaired) electrons. The molecule has 30 heavy (non-hydrogen) atoms. The van der Waals surface area contributed by atoms with Gasteiger partial charge in [-0.3, -0.25) is 4.90 Å². The standard InChI is InChI=1S/C28H57N.BrH/c1-5-8-10-12-14-16-18-20-22-24-26-29(28(4)7-3)27-25-23-21-19-17-15-13-11-9-6-2;/h7,28H,3,5-6,8-27H2,1-2,4H3;1H. The van der Waals surface area contributed by atoms with Gasteiger partial charge in [0.15, 0.2) is 0 Å². The second-order valence-electron chi connectivity index (χ2n) is 9.38. The van der Waals surface area contributed by atoms with Crippen molar-refractivity contribution >= 4 is 17.0 Å². The molecule has 1 nitrogen and oxygen atoms in total. The van der Waals surface area contributed by atoms with Crippen LogP contribution in [0.5, 0.6) is 0 Å². The zero-order valence-electron chi connectivity index (χ0n) is 21.3. The first kappa shape index (κ1) is 32.4. The molecule has 0 saturated heterocycles. The van der Waals surface area contributed by atoms with Crippen LogP contribution in [-0.2, 0) is 0 Å². The zero-order valence-corrected chi connectivity index (χ0v) is 23.0. The topological polar surface area (TPSA) is 3.24 Å². The van der Waals surface area contributed by atoms with Crippen molar-refractivity contribution in [1.29, 1.82) is 0 Å². The van der Waals surface area contributed by atoms with Crippen molar-refractivity contribution in [1.82, 2.24) is 4.90 Å². The van der Waals surface area contributed by atoms with Gasteiger partial charge >= 0.3 is 0 Å².